The van der Waals surface area contributed by atoms with Crippen LogP contribution in [0.2, 0.25) is 0 Å². The van der Waals surface area contributed by atoms with E-state index in [-0.39, 0.29) is 36.1 Å². The van der Waals surface area contributed by atoms with Gasteiger partial charge in [0.15, 0.2) is 0 Å². The molecule has 2 aromatic carbocycles. The number of hydrogen-bond acceptors (Lipinski definition) is 3. The van der Waals surface area contributed by atoms with E-state index >= 15 is 0 Å². The Morgan fingerprint density at radius 1 is 1.04 bits per heavy atom. The fourth-order valence-corrected chi connectivity index (χ4v) is 2.79. The zero-order valence-corrected chi connectivity index (χ0v) is 15.9. The molecular weight excluding hydrogens is 345 g/mol. The van der Waals surface area contributed by atoms with Crippen molar-refractivity contribution < 1.29 is 14.0 Å². The highest BCUT2D eigenvalue weighted by Crippen LogP contribution is 2.17. The molecular formula is C21H26FN3O2. The summed E-state index contributed by atoms with van der Waals surface area (Å²) in [5, 5.41) is 5.72. The van der Waals surface area contributed by atoms with Gasteiger partial charge >= 0.3 is 0 Å². The van der Waals surface area contributed by atoms with Crippen molar-refractivity contribution in [1.29, 1.82) is 0 Å². The van der Waals surface area contributed by atoms with Gasteiger partial charge in [-0.25, -0.2) is 4.39 Å². The Hall–Kier alpha value is -2.73. The molecule has 0 spiro atoms. The van der Waals surface area contributed by atoms with Gasteiger partial charge < -0.3 is 15.5 Å². The number of likely N-dealkylation sites (N-methyl/N-ethyl adjacent to an activating group) is 1. The van der Waals surface area contributed by atoms with Crippen LogP contribution in [0.15, 0.2) is 54.6 Å². The van der Waals surface area contributed by atoms with Crippen molar-refractivity contribution in [2.24, 2.45) is 0 Å². The van der Waals surface area contributed by atoms with Crippen molar-refractivity contribution >= 4 is 11.8 Å². The number of amides is 2. The third kappa shape index (κ3) is 6.49. The number of nitrogens with one attached hydrogen (secondary N) is 2. The highest BCUT2D eigenvalue weighted by Gasteiger charge is 2.17. The molecule has 0 aliphatic rings. The molecule has 2 atom stereocenters. The Kier molecular flexibility index (Phi) is 7.49. The van der Waals surface area contributed by atoms with Crippen molar-refractivity contribution in [1.82, 2.24) is 15.5 Å². The quantitative estimate of drug-likeness (QED) is 0.750. The fraction of sp³-hybridized carbons (Fsp3) is 0.333. The van der Waals surface area contributed by atoms with Crippen LogP contribution in [-0.2, 0) is 4.79 Å². The summed E-state index contributed by atoms with van der Waals surface area (Å²) in [4.78, 5) is 26.3. The molecule has 144 valence electrons. The molecule has 0 bridgehead atoms. The van der Waals surface area contributed by atoms with E-state index in [0.29, 0.717) is 12.1 Å². The first-order valence-corrected chi connectivity index (χ1v) is 8.91. The van der Waals surface area contributed by atoms with Gasteiger partial charge in [0.2, 0.25) is 5.91 Å². The molecule has 0 saturated carbocycles. The van der Waals surface area contributed by atoms with Crippen molar-refractivity contribution in [3.8, 4) is 0 Å². The van der Waals surface area contributed by atoms with Gasteiger partial charge in [-0.2, -0.15) is 0 Å². The second kappa shape index (κ2) is 9.83. The maximum atomic E-state index is 13.1. The molecule has 0 fully saturated rings. The maximum absolute atomic E-state index is 13.1. The second-order valence-electron chi connectivity index (χ2n) is 6.78. The van der Waals surface area contributed by atoms with Crippen LogP contribution < -0.4 is 10.6 Å². The van der Waals surface area contributed by atoms with E-state index in [1.807, 2.05) is 25.1 Å². The molecule has 0 aliphatic heterocycles. The van der Waals surface area contributed by atoms with E-state index in [9.17, 15) is 14.0 Å². The number of nitrogens with zero attached hydrogens (tertiary/aromatic N) is 1. The first kappa shape index (κ1) is 20.6. The first-order chi connectivity index (χ1) is 12.9. The molecule has 0 aromatic heterocycles. The zero-order valence-electron chi connectivity index (χ0n) is 15.9. The average molecular weight is 371 g/mol. The van der Waals surface area contributed by atoms with E-state index in [2.05, 4.69) is 10.6 Å². The van der Waals surface area contributed by atoms with Gasteiger partial charge in [-0.15, -0.1) is 0 Å². The third-order valence-corrected chi connectivity index (χ3v) is 4.28. The fourth-order valence-electron chi connectivity index (χ4n) is 2.79. The number of carbonyl (C=O) groups excluding carboxylic acids is 2. The molecule has 2 N–H and O–H groups in total. The number of carbonyl (C=O) groups is 2. The average Bonchev–Trinajstić information content (AvgIpc) is 2.63. The van der Waals surface area contributed by atoms with Crippen LogP contribution in [0.5, 0.6) is 0 Å². The van der Waals surface area contributed by atoms with Crippen molar-refractivity contribution in [3.63, 3.8) is 0 Å². The summed E-state index contributed by atoms with van der Waals surface area (Å²) >= 11 is 0. The molecule has 2 rings (SSSR count). The van der Waals surface area contributed by atoms with Gasteiger partial charge in [-0.05, 0) is 50.8 Å². The van der Waals surface area contributed by atoms with Crippen molar-refractivity contribution in [3.05, 3.63) is 71.5 Å². The van der Waals surface area contributed by atoms with Crippen LogP contribution in [0.1, 0.15) is 35.3 Å². The number of benzene rings is 2. The van der Waals surface area contributed by atoms with Gasteiger partial charge in [-0.1, -0.05) is 30.3 Å². The zero-order chi connectivity index (χ0) is 19.8. The van der Waals surface area contributed by atoms with Gasteiger partial charge in [0.1, 0.15) is 5.82 Å². The largest absolute Gasteiger partial charge is 0.354 e. The molecule has 6 heteroatoms. The molecule has 0 saturated heterocycles. The van der Waals surface area contributed by atoms with Gasteiger partial charge in [0.05, 0.1) is 6.04 Å². The van der Waals surface area contributed by atoms with E-state index in [1.54, 1.807) is 43.3 Å². The lowest BCUT2D eigenvalue weighted by atomic mass is 10.1. The predicted molar refractivity (Wildman–Crippen MR) is 104 cm³/mol. The molecule has 2 aromatic rings. The summed E-state index contributed by atoms with van der Waals surface area (Å²) in [7, 11) is 3.81. The number of hydrogen-bond donors (Lipinski definition) is 2. The molecule has 0 heterocycles. The van der Waals surface area contributed by atoms with Crippen LogP contribution in [0.25, 0.3) is 0 Å². The Balaban J connectivity index is 1.84. The summed E-state index contributed by atoms with van der Waals surface area (Å²) < 4.78 is 13.1. The number of rotatable bonds is 8. The molecule has 0 aliphatic carbocycles. The number of halogens is 1. The standard InChI is InChI=1S/C21H26FN3O2/c1-15(24-21(27)17-7-5-4-6-8-17)13-20(26)23-14-19(25(2)3)16-9-11-18(22)12-10-16/h4-12,15,19H,13-14H2,1-3H3,(H,23,26)(H,24,27). The van der Waals surface area contributed by atoms with Crippen LogP contribution >= 0.6 is 0 Å². The summed E-state index contributed by atoms with van der Waals surface area (Å²) in [6, 6.07) is 14.8. The van der Waals surface area contributed by atoms with Crippen LogP contribution in [-0.4, -0.2) is 43.4 Å². The lowest BCUT2D eigenvalue weighted by Crippen LogP contribution is -2.39. The smallest absolute Gasteiger partial charge is 0.251 e. The summed E-state index contributed by atoms with van der Waals surface area (Å²) in [5.41, 5.74) is 1.49. The van der Waals surface area contributed by atoms with Gasteiger partial charge in [0, 0.05) is 24.6 Å². The normalized spacial score (nSPS) is 13.1. The Morgan fingerprint density at radius 2 is 1.67 bits per heavy atom. The van der Waals surface area contributed by atoms with Crippen LogP contribution in [0.3, 0.4) is 0 Å². The topological polar surface area (TPSA) is 61.4 Å². The molecule has 5 nitrogen and oxygen atoms in total. The summed E-state index contributed by atoms with van der Waals surface area (Å²) in [5.74, 6) is -0.638. The maximum Gasteiger partial charge on any atom is 0.251 e. The van der Waals surface area contributed by atoms with E-state index < -0.39 is 0 Å². The van der Waals surface area contributed by atoms with Crippen molar-refractivity contribution in [2.75, 3.05) is 20.6 Å². The summed E-state index contributed by atoms with van der Waals surface area (Å²) in [6.07, 6.45) is 0.183. The van der Waals surface area contributed by atoms with E-state index in [4.69, 9.17) is 0 Å². The Morgan fingerprint density at radius 3 is 2.26 bits per heavy atom. The van der Waals surface area contributed by atoms with Crippen LogP contribution in [0.4, 0.5) is 4.39 Å². The minimum absolute atomic E-state index is 0.0660. The molecule has 27 heavy (non-hydrogen) atoms. The lowest BCUT2D eigenvalue weighted by Gasteiger charge is -2.25. The minimum Gasteiger partial charge on any atom is -0.354 e. The van der Waals surface area contributed by atoms with Gasteiger partial charge in [-0.3, -0.25) is 9.59 Å². The molecule has 0 radical (unpaired) electrons. The van der Waals surface area contributed by atoms with Gasteiger partial charge in [0.25, 0.3) is 5.91 Å². The Bertz CT molecular complexity index is 748. The predicted octanol–water partition coefficient (Wildman–Crippen LogP) is 2.75. The van der Waals surface area contributed by atoms with Crippen molar-refractivity contribution in [2.45, 2.75) is 25.4 Å². The Labute approximate surface area is 159 Å². The minimum atomic E-state index is -0.290. The molecule has 2 unspecified atom stereocenters. The highest BCUT2D eigenvalue weighted by molar-refractivity contribution is 5.94. The first-order valence-electron chi connectivity index (χ1n) is 8.91. The highest BCUT2D eigenvalue weighted by atomic mass is 19.1. The SMILES string of the molecule is CC(CC(=O)NCC(c1ccc(F)cc1)N(C)C)NC(=O)c1ccccc1. The van der Waals surface area contributed by atoms with E-state index in [1.165, 1.54) is 12.1 Å². The molecule has 2 amide bonds. The monoisotopic (exact) mass is 371 g/mol. The summed E-state index contributed by atoms with van der Waals surface area (Å²) in [6.45, 7) is 2.20. The lowest BCUT2D eigenvalue weighted by molar-refractivity contribution is -0.121. The second-order valence-corrected chi connectivity index (χ2v) is 6.78. The third-order valence-electron chi connectivity index (χ3n) is 4.28. The van der Waals surface area contributed by atoms with E-state index in [0.717, 1.165) is 5.56 Å². The van der Waals surface area contributed by atoms with Crippen LogP contribution in [0, 0.1) is 5.82 Å².